The van der Waals surface area contributed by atoms with Gasteiger partial charge in [-0.15, -0.1) is 24.8 Å². The van der Waals surface area contributed by atoms with Gasteiger partial charge in [-0.05, 0) is 50.9 Å². The summed E-state index contributed by atoms with van der Waals surface area (Å²) in [6.45, 7) is 4.12. The lowest BCUT2D eigenvalue weighted by atomic mass is 9.99. The molecule has 0 atom stereocenters. The number of carbonyl (C=O) groups excluding carboxylic acids is 1. The molecule has 0 bridgehead atoms. The van der Waals surface area contributed by atoms with Crippen molar-refractivity contribution in [1.82, 2.24) is 14.8 Å². The third-order valence-electron chi connectivity index (χ3n) is 4.65. The number of anilines is 1. The van der Waals surface area contributed by atoms with Gasteiger partial charge in [0.05, 0.1) is 0 Å². The monoisotopic (exact) mass is 360 g/mol. The van der Waals surface area contributed by atoms with Crippen LogP contribution in [0, 0.1) is 0 Å². The zero-order valence-corrected chi connectivity index (χ0v) is 15.0. The molecule has 0 aromatic carbocycles. The van der Waals surface area contributed by atoms with E-state index in [1.165, 1.54) is 32.4 Å². The second-order valence-electron chi connectivity index (χ2n) is 6.07. The first-order valence-electron chi connectivity index (χ1n) is 8.00. The van der Waals surface area contributed by atoms with E-state index in [4.69, 9.17) is 5.73 Å². The summed E-state index contributed by atoms with van der Waals surface area (Å²) in [4.78, 5) is 21.1. The number of nitrogens with zero attached hydrogens (tertiary/aromatic N) is 3. The SMILES string of the molecule is Cl.Cl.Nc1cccc(C(=O)N2CCC(N3CCCCC3)CC2)n1. The Balaban J connectivity index is 0.00000132. The molecule has 130 valence electrons. The summed E-state index contributed by atoms with van der Waals surface area (Å²) in [7, 11) is 0. The minimum atomic E-state index is 0. The molecule has 2 aliphatic heterocycles. The molecule has 2 aliphatic rings. The van der Waals surface area contributed by atoms with Crippen molar-refractivity contribution in [1.29, 1.82) is 0 Å². The minimum absolute atomic E-state index is 0. The molecule has 3 rings (SSSR count). The highest BCUT2D eigenvalue weighted by Gasteiger charge is 2.28. The van der Waals surface area contributed by atoms with Crippen LogP contribution >= 0.6 is 24.8 Å². The number of carbonyl (C=O) groups is 1. The number of hydrogen-bond donors (Lipinski definition) is 1. The van der Waals surface area contributed by atoms with Gasteiger partial charge in [0.25, 0.3) is 5.91 Å². The van der Waals surface area contributed by atoms with Crippen LogP contribution in [0.25, 0.3) is 0 Å². The van der Waals surface area contributed by atoms with E-state index in [1.54, 1.807) is 18.2 Å². The van der Waals surface area contributed by atoms with Gasteiger partial charge in [0, 0.05) is 19.1 Å². The van der Waals surface area contributed by atoms with Crippen LogP contribution in [0.5, 0.6) is 0 Å². The lowest BCUT2D eigenvalue weighted by Gasteiger charge is -2.40. The lowest BCUT2D eigenvalue weighted by Crippen LogP contribution is -2.48. The number of amides is 1. The van der Waals surface area contributed by atoms with Crippen LogP contribution in [-0.2, 0) is 0 Å². The maximum atomic E-state index is 12.4. The fourth-order valence-corrected chi connectivity index (χ4v) is 3.45. The minimum Gasteiger partial charge on any atom is -0.384 e. The first-order chi connectivity index (χ1) is 10.2. The number of nitrogens with two attached hydrogens (primary N) is 1. The molecule has 2 N–H and O–H groups in total. The Labute approximate surface area is 150 Å². The van der Waals surface area contributed by atoms with Gasteiger partial charge in [0.15, 0.2) is 0 Å². The smallest absolute Gasteiger partial charge is 0.272 e. The van der Waals surface area contributed by atoms with Gasteiger partial charge in [-0.1, -0.05) is 12.5 Å². The van der Waals surface area contributed by atoms with Crippen LogP contribution in [0.2, 0.25) is 0 Å². The molecule has 2 saturated heterocycles. The number of aromatic nitrogens is 1. The Morgan fingerprint density at radius 1 is 1.04 bits per heavy atom. The van der Waals surface area contributed by atoms with Crippen molar-refractivity contribution in [2.24, 2.45) is 0 Å². The number of pyridine rings is 1. The van der Waals surface area contributed by atoms with Crippen molar-refractivity contribution in [3.63, 3.8) is 0 Å². The second-order valence-corrected chi connectivity index (χ2v) is 6.07. The quantitative estimate of drug-likeness (QED) is 0.880. The van der Waals surface area contributed by atoms with Crippen molar-refractivity contribution in [3.8, 4) is 0 Å². The molecule has 1 amide bonds. The summed E-state index contributed by atoms with van der Waals surface area (Å²) in [6.07, 6.45) is 6.18. The van der Waals surface area contributed by atoms with E-state index in [1.807, 2.05) is 4.90 Å². The Kier molecular flexibility index (Phi) is 8.09. The number of halogens is 2. The van der Waals surface area contributed by atoms with Gasteiger partial charge in [0.2, 0.25) is 0 Å². The number of hydrogen-bond acceptors (Lipinski definition) is 4. The van der Waals surface area contributed by atoms with Gasteiger partial charge in [-0.3, -0.25) is 4.79 Å². The standard InChI is InChI=1S/C16H24N4O.2ClH/c17-15-6-4-5-14(18-15)16(21)20-11-7-13(8-12-20)19-9-2-1-3-10-19;;/h4-6,13H,1-3,7-12H2,(H2,17,18);2*1H. The summed E-state index contributed by atoms with van der Waals surface area (Å²) in [5.41, 5.74) is 6.12. The van der Waals surface area contributed by atoms with Gasteiger partial charge < -0.3 is 15.5 Å². The van der Waals surface area contributed by atoms with Gasteiger partial charge in [-0.25, -0.2) is 4.98 Å². The molecule has 3 heterocycles. The average Bonchev–Trinajstić information content (AvgIpc) is 2.55. The van der Waals surface area contributed by atoms with Crippen molar-refractivity contribution in [2.45, 2.75) is 38.1 Å². The van der Waals surface area contributed by atoms with Crippen molar-refractivity contribution in [3.05, 3.63) is 23.9 Å². The first kappa shape index (κ1) is 20.0. The third-order valence-corrected chi connectivity index (χ3v) is 4.65. The van der Waals surface area contributed by atoms with Crippen LogP contribution in [0.4, 0.5) is 5.82 Å². The molecular weight excluding hydrogens is 335 g/mol. The Morgan fingerprint density at radius 3 is 2.30 bits per heavy atom. The zero-order chi connectivity index (χ0) is 14.7. The van der Waals surface area contributed by atoms with Crippen molar-refractivity contribution in [2.75, 3.05) is 31.9 Å². The van der Waals surface area contributed by atoms with E-state index in [0.717, 1.165) is 25.9 Å². The molecular formula is C16H26Cl2N4O. The molecule has 0 aliphatic carbocycles. The number of nitrogen functional groups attached to an aromatic ring is 1. The van der Waals surface area contributed by atoms with Crippen LogP contribution < -0.4 is 5.73 Å². The van der Waals surface area contributed by atoms with Crippen molar-refractivity contribution < 1.29 is 4.79 Å². The number of piperidine rings is 2. The van der Waals surface area contributed by atoms with E-state index in [0.29, 0.717) is 17.6 Å². The van der Waals surface area contributed by atoms with Crippen LogP contribution in [-0.4, -0.2) is 52.9 Å². The molecule has 0 spiro atoms. The number of likely N-dealkylation sites (tertiary alicyclic amines) is 2. The molecule has 0 radical (unpaired) electrons. The van der Waals surface area contributed by atoms with Crippen molar-refractivity contribution >= 4 is 36.5 Å². The summed E-state index contributed by atoms with van der Waals surface area (Å²) in [6, 6.07) is 5.90. The Hall–Kier alpha value is -1.04. The summed E-state index contributed by atoms with van der Waals surface area (Å²) < 4.78 is 0. The van der Waals surface area contributed by atoms with Gasteiger partial charge in [0.1, 0.15) is 11.5 Å². The molecule has 7 heteroatoms. The topological polar surface area (TPSA) is 62.5 Å². The molecule has 5 nitrogen and oxygen atoms in total. The van der Waals surface area contributed by atoms with E-state index < -0.39 is 0 Å². The molecule has 0 saturated carbocycles. The molecule has 1 aromatic rings. The molecule has 0 unspecified atom stereocenters. The largest absolute Gasteiger partial charge is 0.384 e. The molecule has 1 aromatic heterocycles. The fourth-order valence-electron chi connectivity index (χ4n) is 3.45. The third kappa shape index (κ3) is 4.96. The first-order valence-corrected chi connectivity index (χ1v) is 8.00. The van der Waals surface area contributed by atoms with E-state index in [-0.39, 0.29) is 30.7 Å². The van der Waals surface area contributed by atoms with Crippen LogP contribution in [0.3, 0.4) is 0 Å². The van der Waals surface area contributed by atoms with E-state index >= 15 is 0 Å². The van der Waals surface area contributed by atoms with Crippen LogP contribution in [0.1, 0.15) is 42.6 Å². The molecule has 2 fully saturated rings. The second kappa shape index (κ2) is 9.30. The fraction of sp³-hybridized carbons (Fsp3) is 0.625. The van der Waals surface area contributed by atoms with Gasteiger partial charge >= 0.3 is 0 Å². The Morgan fingerprint density at radius 2 is 1.70 bits per heavy atom. The summed E-state index contributed by atoms with van der Waals surface area (Å²) >= 11 is 0. The summed E-state index contributed by atoms with van der Waals surface area (Å²) in [5.74, 6) is 0.420. The van der Waals surface area contributed by atoms with Crippen LogP contribution in [0.15, 0.2) is 18.2 Å². The maximum Gasteiger partial charge on any atom is 0.272 e. The van der Waals surface area contributed by atoms with Gasteiger partial charge in [-0.2, -0.15) is 0 Å². The normalized spacial score (nSPS) is 19.6. The van der Waals surface area contributed by atoms with E-state index in [9.17, 15) is 4.79 Å². The Bertz CT molecular complexity index is 501. The average molecular weight is 361 g/mol. The predicted octanol–water partition coefficient (Wildman–Crippen LogP) is 2.60. The molecule has 23 heavy (non-hydrogen) atoms. The highest BCUT2D eigenvalue weighted by Crippen LogP contribution is 2.21. The maximum absolute atomic E-state index is 12.4. The summed E-state index contributed by atoms with van der Waals surface area (Å²) in [5, 5.41) is 0. The number of rotatable bonds is 2. The van der Waals surface area contributed by atoms with E-state index in [2.05, 4.69) is 9.88 Å². The zero-order valence-electron chi connectivity index (χ0n) is 13.3. The highest BCUT2D eigenvalue weighted by atomic mass is 35.5. The lowest BCUT2D eigenvalue weighted by molar-refractivity contribution is 0.0585. The highest BCUT2D eigenvalue weighted by molar-refractivity contribution is 5.92. The predicted molar refractivity (Wildman–Crippen MR) is 97.5 cm³/mol.